The zero-order chi connectivity index (χ0) is 30.5. The summed E-state index contributed by atoms with van der Waals surface area (Å²) >= 11 is 0. The van der Waals surface area contributed by atoms with Gasteiger partial charge in [-0.25, -0.2) is 4.57 Å². The van der Waals surface area contributed by atoms with Crippen molar-refractivity contribution in [2.24, 2.45) is 13.0 Å². The summed E-state index contributed by atoms with van der Waals surface area (Å²) in [6.07, 6.45) is 7.60. The number of aryl methyl sites for hydroxylation is 2. The first-order valence-corrected chi connectivity index (χ1v) is 14.7. The molecule has 228 valence electrons. The van der Waals surface area contributed by atoms with Crippen LogP contribution in [0.1, 0.15) is 43.2 Å². The van der Waals surface area contributed by atoms with Gasteiger partial charge in [-0.1, -0.05) is 19.4 Å². The number of hydrogen-bond acceptors (Lipinski definition) is 7. The van der Waals surface area contributed by atoms with Crippen LogP contribution >= 0.6 is 0 Å². The molecule has 11 heteroatoms. The number of aliphatic hydroxyl groups excluding tert-OH is 1. The highest BCUT2D eigenvalue weighted by Crippen LogP contribution is 2.44. The van der Waals surface area contributed by atoms with Crippen molar-refractivity contribution in [2.45, 2.75) is 51.3 Å². The van der Waals surface area contributed by atoms with Crippen LogP contribution in [0.15, 0.2) is 65.8 Å². The first-order chi connectivity index (χ1) is 20.8. The Balaban J connectivity index is 1.49. The molecule has 0 radical (unpaired) electrons. The number of likely N-dealkylation sites (tertiary alicyclic amines) is 1. The number of carbonyl (C=O) groups excluding carboxylic acids is 1. The van der Waals surface area contributed by atoms with Gasteiger partial charge in [-0.05, 0) is 42.7 Å². The number of amides is 1. The van der Waals surface area contributed by atoms with E-state index < -0.39 is 23.8 Å². The number of ether oxygens (including phenoxy) is 2. The summed E-state index contributed by atoms with van der Waals surface area (Å²) in [5.74, 6) is -1.51. The Bertz CT molecular complexity index is 1520. The standard InChI is InChI=1S/C32H38N4O7/c1-3-4-13-36(24-8-7-11-33(2)17-24)29(39)19-35-18-25(22-15-23(20-37)31-27(16-22)42-21-43-31)30(32(40)41)26(35)10-14-34-12-6-5-9-28(34)38/h5-9,11-12,15-17,25-26,30,37H,3-4,10,13-14,18-21H2,1-2H3/p+1/t25-,26+,30-/m1/s1. The molecule has 11 nitrogen and oxygen atoms in total. The maximum atomic E-state index is 14.0. The normalized spacial score (nSPS) is 19.5. The summed E-state index contributed by atoms with van der Waals surface area (Å²) in [4.78, 5) is 43.1. The van der Waals surface area contributed by atoms with Gasteiger partial charge < -0.3 is 29.2 Å². The fourth-order valence-electron chi connectivity index (χ4n) is 6.25. The van der Waals surface area contributed by atoms with E-state index in [0.29, 0.717) is 48.7 Å². The molecule has 0 bridgehead atoms. The number of aliphatic hydroxyl groups is 1. The van der Waals surface area contributed by atoms with Gasteiger partial charge in [0.25, 0.3) is 0 Å². The number of carbonyl (C=O) groups is 2. The van der Waals surface area contributed by atoms with Crippen LogP contribution in [0.3, 0.4) is 0 Å². The lowest BCUT2D eigenvalue weighted by Gasteiger charge is -2.29. The highest BCUT2D eigenvalue weighted by Gasteiger charge is 2.47. The van der Waals surface area contributed by atoms with Crippen LogP contribution in [-0.2, 0) is 29.8 Å². The average Bonchev–Trinajstić information content (AvgIpc) is 3.61. The van der Waals surface area contributed by atoms with Crippen molar-refractivity contribution >= 4 is 17.6 Å². The molecular weight excluding hydrogens is 552 g/mol. The second kappa shape index (κ2) is 13.4. The second-order valence-corrected chi connectivity index (χ2v) is 11.2. The Morgan fingerprint density at radius 2 is 2.00 bits per heavy atom. The van der Waals surface area contributed by atoms with Gasteiger partial charge in [0.15, 0.2) is 23.9 Å². The van der Waals surface area contributed by atoms with Crippen LogP contribution in [0.25, 0.3) is 0 Å². The monoisotopic (exact) mass is 591 g/mol. The van der Waals surface area contributed by atoms with Gasteiger partial charge in [-0.2, -0.15) is 0 Å². The lowest BCUT2D eigenvalue weighted by molar-refractivity contribution is -0.670. The lowest BCUT2D eigenvalue weighted by atomic mass is 9.83. The number of aromatic nitrogens is 2. The molecule has 43 heavy (non-hydrogen) atoms. The van der Waals surface area contributed by atoms with E-state index >= 15 is 0 Å². The van der Waals surface area contributed by atoms with E-state index in [9.17, 15) is 24.6 Å². The fourth-order valence-corrected chi connectivity index (χ4v) is 6.25. The number of rotatable bonds is 12. The Morgan fingerprint density at radius 3 is 2.72 bits per heavy atom. The predicted octanol–water partition coefficient (Wildman–Crippen LogP) is 2.29. The SMILES string of the molecule is CCCCN(C(=O)CN1C[C@H](c2cc(CO)c3c(c2)OCO3)[C@@H](C(=O)O)[C@@H]1CCn1ccccc1=O)c1ccc[n+](C)c1. The van der Waals surface area contributed by atoms with Gasteiger partial charge in [0.1, 0.15) is 12.7 Å². The topological polar surface area (TPSA) is 125 Å². The van der Waals surface area contributed by atoms with E-state index in [0.717, 1.165) is 18.5 Å². The number of anilines is 1. The number of benzene rings is 1. The summed E-state index contributed by atoms with van der Waals surface area (Å²) in [6.45, 7) is 3.00. The van der Waals surface area contributed by atoms with Crippen LogP contribution in [-0.4, -0.2) is 64.0 Å². The summed E-state index contributed by atoms with van der Waals surface area (Å²) < 4.78 is 14.6. The third kappa shape index (κ3) is 6.57. The molecule has 3 aromatic rings. The Kier molecular flexibility index (Phi) is 9.42. The number of hydrogen-bond donors (Lipinski definition) is 2. The minimum absolute atomic E-state index is 0.0222. The first kappa shape index (κ1) is 30.2. The van der Waals surface area contributed by atoms with E-state index in [1.54, 1.807) is 39.9 Å². The van der Waals surface area contributed by atoms with E-state index in [-0.39, 0.29) is 31.4 Å². The van der Waals surface area contributed by atoms with Gasteiger partial charge in [0.05, 0.1) is 19.1 Å². The van der Waals surface area contributed by atoms with Crippen LogP contribution in [0, 0.1) is 5.92 Å². The Labute approximate surface area is 250 Å². The molecule has 5 rings (SSSR count). The van der Waals surface area contributed by atoms with Crippen molar-refractivity contribution in [3.05, 3.63) is 82.5 Å². The van der Waals surface area contributed by atoms with Crippen molar-refractivity contribution < 1.29 is 33.8 Å². The second-order valence-electron chi connectivity index (χ2n) is 11.2. The van der Waals surface area contributed by atoms with Gasteiger partial charge in [-0.3, -0.25) is 19.3 Å². The van der Waals surface area contributed by atoms with Crippen LogP contribution in [0.4, 0.5) is 5.69 Å². The van der Waals surface area contributed by atoms with Crippen molar-refractivity contribution in [3.63, 3.8) is 0 Å². The number of pyridine rings is 2. The molecule has 1 fully saturated rings. The molecular formula is C32H39N4O7+. The molecule has 1 aromatic carbocycles. The number of fused-ring (bicyclic) bond motifs is 1. The number of carboxylic acids is 1. The molecule has 2 N–H and O–H groups in total. The first-order valence-electron chi connectivity index (χ1n) is 14.7. The van der Waals surface area contributed by atoms with Crippen molar-refractivity contribution in [1.29, 1.82) is 0 Å². The zero-order valence-corrected chi connectivity index (χ0v) is 24.6. The molecule has 0 saturated carbocycles. The molecule has 2 aromatic heterocycles. The molecule has 2 aliphatic heterocycles. The predicted molar refractivity (Wildman–Crippen MR) is 158 cm³/mol. The molecule has 4 heterocycles. The maximum absolute atomic E-state index is 14.0. The van der Waals surface area contributed by atoms with Gasteiger partial charge >= 0.3 is 5.97 Å². The van der Waals surface area contributed by atoms with E-state index in [1.807, 2.05) is 41.0 Å². The number of unbranched alkanes of at least 4 members (excludes halogenated alkanes) is 1. The molecule has 1 saturated heterocycles. The van der Waals surface area contributed by atoms with E-state index in [1.165, 1.54) is 6.07 Å². The number of nitrogens with zero attached hydrogens (tertiary/aromatic N) is 4. The van der Waals surface area contributed by atoms with E-state index in [4.69, 9.17) is 9.47 Å². The zero-order valence-electron chi connectivity index (χ0n) is 24.6. The molecule has 0 unspecified atom stereocenters. The summed E-state index contributed by atoms with van der Waals surface area (Å²) in [5.41, 5.74) is 1.84. The molecule has 0 aliphatic carbocycles. The van der Waals surface area contributed by atoms with Crippen LogP contribution in [0.5, 0.6) is 11.5 Å². The largest absolute Gasteiger partial charge is 0.481 e. The fraction of sp³-hybridized carbons (Fsp3) is 0.438. The summed E-state index contributed by atoms with van der Waals surface area (Å²) in [7, 11) is 1.90. The minimum atomic E-state index is -0.980. The molecule has 2 aliphatic rings. The van der Waals surface area contributed by atoms with Crippen molar-refractivity contribution in [1.82, 2.24) is 9.47 Å². The summed E-state index contributed by atoms with van der Waals surface area (Å²) in [6, 6.07) is 11.7. The smallest absolute Gasteiger partial charge is 0.308 e. The van der Waals surface area contributed by atoms with Crippen molar-refractivity contribution in [2.75, 3.05) is 31.3 Å². The number of carboxylic acid groups (broad SMARTS) is 1. The van der Waals surface area contributed by atoms with E-state index in [2.05, 4.69) is 6.92 Å². The minimum Gasteiger partial charge on any atom is -0.481 e. The number of aliphatic carboxylic acids is 1. The van der Waals surface area contributed by atoms with Crippen LogP contribution in [0.2, 0.25) is 0 Å². The third-order valence-corrected chi connectivity index (χ3v) is 8.38. The van der Waals surface area contributed by atoms with Gasteiger partial charge in [-0.15, -0.1) is 0 Å². The van der Waals surface area contributed by atoms with Gasteiger partial charge in [0.2, 0.25) is 18.3 Å². The van der Waals surface area contributed by atoms with Crippen molar-refractivity contribution in [3.8, 4) is 11.5 Å². The average molecular weight is 592 g/mol. The molecule has 1 amide bonds. The Hall–Kier alpha value is -4.22. The highest BCUT2D eigenvalue weighted by molar-refractivity contribution is 5.94. The Morgan fingerprint density at radius 1 is 1.16 bits per heavy atom. The molecule has 3 atom stereocenters. The third-order valence-electron chi connectivity index (χ3n) is 8.38. The lowest BCUT2D eigenvalue weighted by Crippen LogP contribution is -2.45. The quantitative estimate of drug-likeness (QED) is 0.308. The highest BCUT2D eigenvalue weighted by atomic mass is 16.7. The maximum Gasteiger partial charge on any atom is 0.308 e. The van der Waals surface area contributed by atoms with Gasteiger partial charge in [0, 0.05) is 55.5 Å². The van der Waals surface area contributed by atoms with Crippen LogP contribution < -0.4 is 24.5 Å². The molecule has 0 spiro atoms. The summed E-state index contributed by atoms with van der Waals surface area (Å²) in [5, 5.41) is 20.6.